The van der Waals surface area contributed by atoms with E-state index >= 15 is 0 Å². The average Bonchev–Trinajstić information content (AvgIpc) is 2.72. The minimum absolute atomic E-state index is 0.120. The maximum absolute atomic E-state index is 12.6. The Labute approximate surface area is 138 Å². The number of para-hydroxylation sites is 2. The molecule has 1 aliphatic heterocycles. The van der Waals surface area contributed by atoms with Gasteiger partial charge in [-0.3, -0.25) is 14.2 Å². The van der Waals surface area contributed by atoms with Crippen LogP contribution in [0.2, 0.25) is 0 Å². The van der Waals surface area contributed by atoms with Gasteiger partial charge in [-0.25, -0.2) is 4.79 Å². The molecule has 128 valence electrons. The second kappa shape index (κ2) is 6.48. The van der Waals surface area contributed by atoms with Gasteiger partial charge in [-0.15, -0.1) is 0 Å². The monoisotopic (exact) mass is 332 g/mol. The van der Waals surface area contributed by atoms with Crippen LogP contribution in [0.1, 0.15) is 0 Å². The quantitative estimate of drug-likeness (QED) is 0.814. The van der Waals surface area contributed by atoms with Crippen molar-refractivity contribution in [3.63, 3.8) is 0 Å². The van der Waals surface area contributed by atoms with Gasteiger partial charge in [-0.2, -0.15) is 0 Å². The Hall–Kier alpha value is -2.61. The van der Waals surface area contributed by atoms with Crippen LogP contribution in [0.25, 0.3) is 11.1 Å². The van der Waals surface area contributed by atoms with Crippen molar-refractivity contribution in [1.29, 1.82) is 0 Å². The van der Waals surface area contributed by atoms with E-state index in [0.717, 1.165) is 0 Å². The van der Waals surface area contributed by atoms with Crippen LogP contribution in [-0.2, 0) is 16.1 Å². The Morgan fingerprint density at radius 2 is 2.00 bits per heavy atom. The molecule has 8 nitrogen and oxygen atoms in total. The molecule has 1 unspecified atom stereocenters. The summed E-state index contributed by atoms with van der Waals surface area (Å²) in [6.45, 7) is 1.81. The van der Waals surface area contributed by atoms with Crippen LogP contribution in [0.15, 0.2) is 33.5 Å². The van der Waals surface area contributed by atoms with Crippen molar-refractivity contribution >= 4 is 22.9 Å². The first kappa shape index (κ1) is 16.3. The Morgan fingerprint density at radius 1 is 1.25 bits per heavy atom. The fourth-order valence-corrected chi connectivity index (χ4v) is 2.98. The second-order valence-corrected chi connectivity index (χ2v) is 6.12. The molecular formula is C16H20N4O4. The summed E-state index contributed by atoms with van der Waals surface area (Å²) in [7, 11) is 1.89. The van der Waals surface area contributed by atoms with Gasteiger partial charge in [0.2, 0.25) is 11.8 Å². The van der Waals surface area contributed by atoms with Gasteiger partial charge in [0.1, 0.15) is 6.54 Å². The van der Waals surface area contributed by atoms with Gasteiger partial charge in [0.25, 0.3) is 0 Å². The minimum atomic E-state index is -0.567. The molecule has 0 saturated carbocycles. The Balaban J connectivity index is 1.81. The molecule has 2 aromatic rings. The lowest BCUT2D eigenvalue weighted by atomic mass is 10.1. The molecule has 0 spiro atoms. The third-order valence-corrected chi connectivity index (χ3v) is 4.35. The van der Waals surface area contributed by atoms with Gasteiger partial charge < -0.3 is 20.0 Å². The van der Waals surface area contributed by atoms with Gasteiger partial charge in [-0.1, -0.05) is 12.1 Å². The van der Waals surface area contributed by atoms with E-state index in [4.69, 9.17) is 10.2 Å². The molecule has 1 fully saturated rings. The highest BCUT2D eigenvalue weighted by Gasteiger charge is 2.28. The Kier molecular flexibility index (Phi) is 4.39. The molecule has 1 aromatic carbocycles. The van der Waals surface area contributed by atoms with E-state index in [9.17, 15) is 14.4 Å². The van der Waals surface area contributed by atoms with Crippen molar-refractivity contribution in [1.82, 2.24) is 14.4 Å². The van der Waals surface area contributed by atoms with Crippen LogP contribution in [0, 0.1) is 5.92 Å². The summed E-state index contributed by atoms with van der Waals surface area (Å²) in [4.78, 5) is 39.8. The number of hydrogen-bond acceptors (Lipinski definition) is 5. The number of likely N-dealkylation sites (N-methyl/N-ethyl adjacent to an activating group) is 1. The molecule has 2 amide bonds. The SMILES string of the molecule is CN1CCN(C(=O)Cn2c(=O)oc3ccccc32)CC(C(N)=O)C1. The maximum atomic E-state index is 12.6. The summed E-state index contributed by atoms with van der Waals surface area (Å²) in [5.74, 6) is -1.64. The first-order valence-electron chi connectivity index (χ1n) is 7.79. The molecule has 0 bridgehead atoms. The Bertz CT molecular complexity index is 825. The van der Waals surface area contributed by atoms with Crippen molar-refractivity contribution in [2.75, 3.05) is 33.2 Å². The zero-order valence-electron chi connectivity index (χ0n) is 13.5. The largest absolute Gasteiger partial charge is 0.420 e. The van der Waals surface area contributed by atoms with Crippen LogP contribution < -0.4 is 11.5 Å². The van der Waals surface area contributed by atoms with Crippen LogP contribution in [0.4, 0.5) is 0 Å². The normalized spacial score (nSPS) is 19.4. The molecule has 8 heteroatoms. The fourth-order valence-electron chi connectivity index (χ4n) is 2.98. The van der Waals surface area contributed by atoms with Crippen molar-refractivity contribution < 1.29 is 14.0 Å². The van der Waals surface area contributed by atoms with Crippen LogP contribution in [0.5, 0.6) is 0 Å². The number of nitrogens with zero attached hydrogens (tertiary/aromatic N) is 3. The molecular weight excluding hydrogens is 312 g/mol. The average molecular weight is 332 g/mol. The van der Waals surface area contributed by atoms with E-state index in [-0.39, 0.29) is 19.0 Å². The van der Waals surface area contributed by atoms with Crippen LogP contribution in [0.3, 0.4) is 0 Å². The van der Waals surface area contributed by atoms with Gasteiger partial charge in [0.05, 0.1) is 11.4 Å². The molecule has 1 aromatic heterocycles. The summed E-state index contributed by atoms with van der Waals surface area (Å²) in [6, 6.07) is 6.96. The van der Waals surface area contributed by atoms with E-state index in [2.05, 4.69) is 0 Å². The fraction of sp³-hybridized carbons (Fsp3) is 0.438. The standard InChI is InChI=1S/C16H20N4O4/c1-18-6-7-19(9-11(8-18)15(17)22)14(21)10-20-12-4-2-3-5-13(12)24-16(20)23/h2-5,11H,6-10H2,1H3,(H2,17,22). The lowest BCUT2D eigenvalue weighted by Gasteiger charge is -2.22. The molecule has 1 atom stereocenters. The summed E-state index contributed by atoms with van der Waals surface area (Å²) < 4.78 is 6.45. The number of carbonyl (C=O) groups excluding carboxylic acids is 2. The molecule has 0 radical (unpaired) electrons. The number of hydrogen-bond donors (Lipinski definition) is 1. The summed E-state index contributed by atoms with van der Waals surface area (Å²) in [6.07, 6.45) is 0. The topological polar surface area (TPSA) is 102 Å². The van der Waals surface area contributed by atoms with Crippen molar-refractivity contribution in [3.8, 4) is 0 Å². The highest BCUT2D eigenvalue weighted by Crippen LogP contribution is 2.13. The molecule has 3 rings (SSSR count). The summed E-state index contributed by atoms with van der Waals surface area (Å²) in [5, 5.41) is 0. The van der Waals surface area contributed by atoms with E-state index in [0.29, 0.717) is 30.7 Å². The smallest absolute Gasteiger partial charge is 0.408 e. The van der Waals surface area contributed by atoms with Gasteiger partial charge in [0.15, 0.2) is 5.58 Å². The van der Waals surface area contributed by atoms with E-state index in [1.165, 1.54) is 4.57 Å². The molecule has 2 N–H and O–H groups in total. The highest BCUT2D eigenvalue weighted by atomic mass is 16.4. The predicted octanol–water partition coefficient (Wildman–Crippen LogP) is -0.530. The first-order valence-corrected chi connectivity index (χ1v) is 7.79. The Morgan fingerprint density at radius 3 is 2.75 bits per heavy atom. The number of primary amides is 1. The summed E-state index contributed by atoms with van der Waals surface area (Å²) in [5.41, 5.74) is 6.45. The third kappa shape index (κ3) is 3.18. The van der Waals surface area contributed by atoms with E-state index in [1.807, 2.05) is 11.9 Å². The molecule has 0 aliphatic carbocycles. The third-order valence-electron chi connectivity index (χ3n) is 4.35. The van der Waals surface area contributed by atoms with Gasteiger partial charge in [0, 0.05) is 26.2 Å². The number of amides is 2. The maximum Gasteiger partial charge on any atom is 0.420 e. The lowest BCUT2D eigenvalue weighted by molar-refractivity contribution is -0.133. The number of aromatic nitrogens is 1. The number of rotatable bonds is 3. The van der Waals surface area contributed by atoms with E-state index < -0.39 is 17.6 Å². The molecule has 1 saturated heterocycles. The summed E-state index contributed by atoms with van der Waals surface area (Å²) >= 11 is 0. The van der Waals surface area contributed by atoms with Crippen LogP contribution >= 0.6 is 0 Å². The minimum Gasteiger partial charge on any atom is -0.408 e. The molecule has 2 heterocycles. The number of carbonyl (C=O) groups is 2. The number of fused-ring (bicyclic) bond motifs is 1. The van der Waals surface area contributed by atoms with Gasteiger partial charge >= 0.3 is 5.76 Å². The van der Waals surface area contributed by atoms with E-state index in [1.54, 1.807) is 29.2 Å². The lowest BCUT2D eigenvalue weighted by Crippen LogP contribution is -2.42. The van der Waals surface area contributed by atoms with Crippen molar-refractivity contribution in [3.05, 3.63) is 34.8 Å². The number of benzene rings is 1. The van der Waals surface area contributed by atoms with Gasteiger partial charge in [-0.05, 0) is 19.2 Å². The molecule has 1 aliphatic rings. The number of nitrogens with two attached hydrogens (primary N) is 1. The van der Waals surface area contributed by atoms with Crippen molar-refractivity contribution in [2.24, 2.45) is 11.7 Å². The molecule has 24 heavy (non-hydrogen) atoms. The predicted molar refractivity (Wildman–Crippen MR) is 87.2 cm³/mol. The number of oxazole rings is 1. The van der Waals surface area contributed by atoms with Crippen molar-refractivity contribution in [2.45, 2.75) is 6.54 Å². The second-order valence-electron chi connectivity index (χ2n) is 6.12. The zero-order chi connectivity index (χ0) is 17.3. The zero-order valence-corrected chi connectivity index (χ0v) is 13.5. The highest BCUT2D eigenvalue weighted by molar-refractivity contribution is 5.81. The van der Waals surface area contributed by atoms with Crippen LogP contribution in [-0.4, -0.2) is 59.4 Å². The first-order chi connectivity index (χ1) is 11.5.